The summed E-state index contributed by atoms with van der Waals surface area (Å²) in [7, 11) is 0. The summed E-state index contributed by atoms with van der Waals surface area (Å²) in [6.45, 7) is 7.69. The third-order valence-corrected chi connectivity index (χ3v) is 6.64. The van der Waals surface area contributed by atoms with Crippen molar-refractivity contribution in [3.63, 3.8) is 0 Å². The van der Waals surface area contributed by atoms with Crippen LogP contribution in [0.1, 0.15) is 39.0 Å². The normalized spacial score (nSPS) is 38.6. The van der Waals surface area contributed by atoms with E-state index in [2.05, 4.69) is 28.9 Å². The molecule has 0 saturated carbocycles. The highest BCUT2D eigenvalue weighted by molar-refractivity contribution is 8.00. The van der Waals surface area contributed by atoms with E-state index in [1.54, 1.807) is 0 Å². The molecule has 3 rings (SSSR count). The highest BCUT2D eigenvalue weighted by atomic mass is 32.2. The van der Waals surface area contributed by atoms with Crippen LogP contribution in [0.2, 0.25) is 0 Å². The molecule has 2 unspecified atom stereocenters. The molecule has 3 saturated heterocycles. The molecular formula is C14H26N2S. The quantitative estimate of drug-likeness (QED) is 0.773. The summed E-state index contributed by atoms with van der Waals surface area (Å²) in [4.78, 5) is 2.80. The molecule has 2 nitrogen and oxygen atoms in total. The number of hydrogen-bond acceptors (Lipinski definition) is 3. The minimum Gasteiger partial charge on any atom is -0.317 e. The summed E-state index contributed by atoms with van der Waals surface area (Å²) < 4.78 is 0. The van der Waals surface area contributed by atoms with Crippen molar-refractivity contribution in [1.29, 1.82) is 0 Å². The summed E-state index contributed by atoms with van der Waals surface area (Å²) >= 11 is 2.17. The largest absolute Gasteiger partial charge is 0.317 e. The monoisotopic (exact) mass is 254 g/mol. The van der Waals surface area contributed by atoms with Crippen molar-refractivity contribution in [3.8, 4) is 0 Å². The zero-order valence-corrected chi connectivity index (χ0v) is 11.9. The molecule has 3 heterocycles. The van der Waals surface area contributed by atoms with Gasteiger partial charge in [-0.1, -0.05) is 6.92 Å². The topological polar surface area (TPSA) is 15.3 Å². The number of nitrogens with zero attached hydrogens (tertiary/aromatic N) is 1. The van der Waals surface area contributed by atoms with Crippen molar-refractivity contribution in [2.45, 2.75) is 50.3 Å². The van der Waals surface area contributed by atoms with Gasteiger partial charge in [-0.3, -0.25) is 4.90 Å². The Morgan fingerprint density at radius 3 is 2.41 bits per heavy atom. The first-order valence-corrected chi connectivity index (χ1v) is 8.40. The fraction of sp³-hybridized carbons (Fsp3) is 1.00. The number of piperidine rings is 2. The number of likely N-dealkylation sites (tertiary alicyclic amines) is 1. The molecule has 2 atom stereocenters. The van der Waals surface area contributed by atoms with Crippen molar-refractivity contribution in [3.05, 3.63) is 0 Å². The van der Waals surface area contributed by atoms with Gasteiger partial charge in [-0.15, -0.1) is 0 Å². The van der Waals surface area contributed by atoms with Crippen molar-refractivity contribution in [1.82, 2.24) is 10.2 Å². The number of hydrogen-bond donors (Lipinski definition) is 1. The molecule has 0 aromatic carbocycles. The van der Waals surface area contributed by atoms with Gasteiger partial charge in [0, 0.05) is 11.3 Å². The third kappa shape index (κ3) is 2.52. The van der Waals surface area contributed by atoms with Gasteiger partial charge in [-0.2, -0.15) is 11.8 Å². The Bertz CT molecular complexity index is 253. The summed E-state index contributed by atoms with van der Waals surface area (Å²) in [6, 6.07) is 0.888. The second kappa shape index (κ2) is 5.10. The Hall–Kier alpha value is 0.270. The maximum atomic E-state index is 3.51. The first-order valence-electron chi connectivity index (χ1n) is 7.36. The van der Waals surface area contributed by atoms with Gasteiger partial charge in [-0.05, 0) is 69.5 Å². The van der Waals surface area contributed by atoms with E-state index in [-0.39, 0.29) is 0 Å². The molecular weight excluding hydrogens is 228 g/mol. The Morgan fingerprint density at radius 1 is 1.12 bits per heavy atom. The summed E-state index contributed by atoms with van der Waals surface area (Å²) in [5, 5.41) is 4.39. The average molecular weight is 254 g/mol. The van der Waals surface area contributed by atoms with Crippen LogP contribution >= 0.6 is 11.8 Å². The van der Waals surface area contributed by atoms with Crippen molar-refractivity contribution in [2.75, 3.05) is 31.9 Å². The fourth-order valence-electron chi connectivity index (χ4n) is 3.99. The van der Waals surface area contributed by atoms with Crippen LogP contribution in [0.15, 0.2) is 0 Å². The molecule has 0 amide bonds. The van der Waals surface area contributed by atoms with Gasteiger partial charge in [-0.25, -0.2) is 0 Å². The molecule has 3 aliphatic rings. The van der Waals surface area contributed by atoms with Crippen LogP contribution in [0.4, 0.5) is 0 Å². The van der Waals surface area contributed by atoms with Crippen LogP contribution in [-0.4, -0.2) is 48.1 Å². The molecule has 98 valence electrons. The standard InChI is InChI=1S/C14H26N2S/c1-12-13(2-11-17-12)16-9-5-14(6-10-16)3-7-15-8-4-14/h12-13,15H,2-11H2,1H3. The maximum Gasteiger partial charge on any atom is 0.0219 e. The van der Waals surface area contributed by atoms with E-state index < -0.39 is 0 Å². The zero-order chi connectivity index (χ0) is 11.7. The van der Waals surface area contributed by atoms with Gasteiger partial charge < -0.3 is 5.32 Å². The van der Waals surface area contributed by atoms with Crippen LogP contribution in [0.3, 0.4) is 0 Å². The van der Waals surface area contributed by atoms with Gasteiger partial charge in [0.25, 0.3) is 0 Å². The number of rotatable bonds is 1. The van der Waals surface area contributed by atoms with Crippen molar-refractivity contribution in [2.24, 2.45) is 5.41 Å². The van der Waals surface area contributed by atoms with E-state index >= 15 is 0 Å². The Balaban J connectivity index is 1.56. The van der Waals surface area contributed by atoms with Gasteiger partial charge >= 0.3 is 0 Å². The molecule has 17 heavy (non-hydrogen) atoms. The molecule has 3 aliphatic heterocycles. The Kier molecular flexibility index (Phi) is 3.69. The second-order valence-electron chi connectivity index (χ2n) is 6.22. The molecule has 1 N–H and O–H groups in total. The van der Waals surface area contributed by atoms with E-state index in [0.29, 0.717) is 0 Å². The Labute approximate surface area is 110 Å². The molecule has 0 aromatic heterocycles. The molecule has 1 spiro atoms. The van der Waals surface area contributed by atoms with Crippen LogP contribution in [0.5, 0.6) is 0 Å². The Morgan fingerprint density at radius 2 is 1.82 bits per heavy atom. The van der Waals surface area contributed by atoms with Gasteiger partial charge in [0.05, 0.1) is 0 Å². The van der Waals surface area contributed by atoms with Crippen molar-refractivity contribution >= 4 is 11.8 Å². The maximum absolute atomic E-state index is 3.51. The van der Waals surface area contributed by atoms with Crippen LogP contribution in [-0.2, 0) is 0 Å². The van der Waals surface area contributed by atoms with E-state index in [1.807, 2.05) is 0 Å². The predicted molar refractivity (Wildman–Crippen MR) is 75.7 cm³/mol. The lowest BCUT2D eigenvalue weighted by Crippen LogP contribution is -2.49. The van der Waals surface area contributed by atoms with Crippen molar-refractivity contribution < 1.29 is 0 Å². The first kappa shape index (κ1) is 12.3. The lowest BCUT2D eigenvalue weighted by Gasteiger charge is -2.46. The molecule has 0 bridgehead atoms. The summed E-state index contributed by atoms with van der Waals surface area (Å²) in [5.74, 6) is 1.39. The molecule has 3 fully saturated rings. The zero-order valence-electron chi connectivity index (χ0n) is 11.1. The van der Waals surface area contributed by atoms with Crippen LogP contribution < -0.4 is 5.32 Å². The van der Waals surface area contributed by atoms with Gasteiger partial charge in [0.1, 0.15) is 0 Å². The highest BCUT2D eigenvalue weighted by Gasteiger charge is 2.39. The van der Waals surface area contributed by atoms with E-state index in [4.69, 9.17) is 0 Å². The molecule has 0 aromatic rings. The summed E-state index contributed by atoms with van der Waals surface area (Å²) in [5.41, 5.74) is 0.719. The molecule has 3 heteroatoms. The highest BCUT2D eigenvalue weighted by Crippen LogP contribution is 2.41. The minimum atomic E-state index is 0.719. The minimum absolute atomic E-state index is 0.719. The SMILES string of the molecule is CC1SCCC1N1CCC2(CCNCC2)CC1. The van der Waals surface area contributed by atoms with Gasteiger partial charge in [0.15, 0.2) is 0 Å². The van der Waals surface area contributed by atoms with E-state index in [0.717, 1.165) is 16.7 Å². The van der Waals surface area contributed by atoms with Crippen LogP contribution in [0, 0.1) is 5.41 Å². The first-order chi connectivity index (χ1) is 8.29. The molecule has 0 radical (unpaired) electrons. The number of thioether (sulfide) groups is 1. The number of nitrogens with one attached hydrogen (secondary N) is 1. The smallest absolute Gasteiger partial charge is 0.0219 e. The molecule has 0 aliphatic carbocycles. The van der Waals surface area contributed by atoms with Gasteiger partial charge in [0.2, 0.25) is 0 Å². The average Bonchev–Trinajstić information content (AvgIpc) is 2.78. The van der Waals surface area contributed by atoms with E-state index in [9.17, 15) is 0 Å². The predicted octanol–water partition coefficient (Wildman–Crippen LogP) is 2.35. The van der Waals surface area contributed by atoms with E-state index in [1.165, 1.54) is 64.0 Å². The lowest BCUT2D eigenvalue weighted by atomic mass is 9.71. The summed E-state index contributed by atoms with van der Waals surface area (Å²) in [6.07, 6.45) is 7.21. The van der Waals surface area contributed by atoms with Crippen LogP contribution in [0.25, 0.3) is 0 Å². The fourth-order valence-corrected chi connectivity index (χ4v) is 5.27. The third-order valence-electron chi connectivity index (χ3n) is 5.33. The lowest BCUT2D eigenvalue weighted by molar-refractivity contribution is 0.0510. The second-order valence-corrected chi connectivity index (χ2v) is 7.70.